The van der Waals surface area contributed by atoms with E-state index in [0.717, 1.165) is 9.35 Å². The van der Waals surface area contributed by atoms with E-state index in [1.54, 1.807) is 23.5 Å². The minimum atomic E-state index is -0.940. The zero-order chi connectivity index (χ0) is 14.3. The molecule has 3 rings (SSSR count). The number of carboxylic acids is 1. The first-order valence-corrected chi connectivity index (χ1v) is 7.56. The number of halogens is 1. The van der Waals surface area contributed by atoms with Crippen LogP contribution in [-0.2, 0) is 0 Å². The Morgan fingerprint density at radius 2 is 2.10 bits per heavy atom. The number of hydrogen-bond donors (Lipinski definition) is 1. The lowest BCUT2D eigenvalue weighted by Gasteiger charge is -2.07. The molecule has 3 nitrogen and oxygen atoms in total. The van der Waals surface area contributed by atoms with E-state index in [-0.39, 0.29) is 5.56 Å². The first-order valence-electron chi connectivity index (χ1n) is 5.95. The Labute approximate surface area is 128 Å². The van der Waals surface area contributed by atoms with E-state index in [1.165, 1.54) is 4.88 Å². The Balaban J connectivity index is 2.35. The highest BCUT2D eigenvalue weighted by atomic mass is 79.9. The van der Waals surface area contributed by atoms with Gasteiger partial charge in [-0.05, 0) is 47.1 Å². The molecule has 0 aliphatic carbocycles. The van der Waals surface area contributed by atoms with Crippen molar-refractivity contribution in [1.82, 2.24) is 4.98 Å². The maximum atomic E-state index is 11.5. The predicted molar refractivity (Wildman–Crippen MR) is 84.5 cm³/mol. The van der Waals surface area contributed by atoms with Crippen LogP contribution in [0.4, 0.5) is 0 Å². The van der Waals surface area contributed by atoms with Crippen molar-refractivity contribution in [2.45, 2.75) is 6.92 Å². The van der Waals surface area contributed by atoms with E-state index in [9.17, 15) is 9.90 Å². The van der Waals surface area contributed by atoms with Crippen molar-refractivity contribution in [3.8, 4) is 10.6 Å². The molecule has 0 unspecified atom stereocenters. The summed E-state index contributed by atoms with van der Waals surface area (Å²) in [4.78, 5) is 18.2. The number of hydrogen-bond acceptors (Lipinski definition) is 3. The number of carbonyl (C=O) groups is 1. The molecule has 0 bridgehead atoms. The van der Waals surface area contributed by atoms with Crippen molar-refractivity contribution in [2.24, 2.45) is 0 Å². The largest absolute Gasteiger partial charge is 0.478 e. The van der Waals surface area contributed by atoms with Crippen LogP contribution in [0.25, 0.3) is 21.5 Å². The van der Waals surface area contributed by atoms with E-state index < -0.39 is 5.97 Å². The Morgan fingerprint density at radius 3 is 2.75 bits per heavy atom. The van der Waals surface area contributed by atoms with Crippen molar-refractivity contribution in [1.29, 1.82) is 0 Å². The first kappa shape index (κ1) is 13.3. The van der Waals surface area contributed by atoms with Gasteiger partial charge in [0.1, 0.15) is 0 Å². The van der Waals surface area contributed by atoms with Crippen LogP contribution < -0.4 is 0 Å². The van der Waals surface area contributed by atoms with Gasteiger partial charge in [-0.2, -0.15) is 0 Å². The van der Waals surface area contributed by atoms with Crippen LogP contribution >= 0.6 is 27.3 Å². The van der Waals surface area contributed by atoms with E-state index in [1.807, 2.05) is 31.2 Å². The minimum absolute atomic E-state index is 0.275. The Hall–Kier alpha value is -1.72. The number of pyridine rings is 1. The van der Waals surface area contributed by atoms with E-state index >= 15 is 0 Å². The summed E-state index contributed by atoms with van der Waals surface area (Å²) in [6, 6.07) is 11.1. The molecule has 0 fully saturated rings. The van der Waals surface area contributed by atoms with Gasteiger partial charge in [-0.15, -0.1) is 11.3 Å². The van der Waals surface area contributed by atoms with Gasteiger partial charge in [-0.1, -0.05) is 12.1 Å². The number of aryl methyl sites for hydroxylation is 1. The SMILES string of the molecule is Cc1ccc(-c2cc(C(=O)O)c3cccc(Br)c3n2)s1. The summed E-state index contributed by atoms with van der Waals surface area (Å²) >= 11 is 5.04. The maximum absolute atomic E-state index is 11.5. The molecule has 1 aromatic carbocycles. The molecule has 0 saturated carbocycles. The monoisotopic (exact) mass is 347 g/mol. The molecule has 0 aliphatic heterocycles. The quantitative estimate of drug-likeness (QED) is 0.728. The number of thiophene rings is 1. The van der Waals surface area contributed by atoms with Gasteiger partial charge < -0.3 is 5.11 Å². The second kappa shape index (κ2) is 5.00. The van der Waals surface area contributed by atoms with Crippen LogP contribution in [0.15, 0.2) is 40.9 Å². The normalized spacial score (nSPS) is 10.9. The van der Waals surface area contributed by atoms with Gasteiger partial charge in [-0.3, -0.25) is 0 Å². The zero-order valence-corrected chi connectivity index (χ0v) is 13.0. The predicted octanol–water partition coefficient (Wildman–Crippen LogP) is 4.73. The molecule has 0 radical (unpaired) electrons. The van der Waals surface area contributed by atoms with Crippen LogP contribution in [0.1, 0.15) is 15.2 Å². The van der Waals surface area contributed by atoms with Crippen LogP contribution in [0, 0.1) is 6.92 Å². The average molecular weight is 348 g/mol. The molecular formula is C15H10BrNO2S. The van der Waals surface area contributed by atoms with Crippen LogP contribution in [0.3, 0.4) is 0 Å². The molecule has 0 aliphatic rings. The van der Waals surface area contributed by atoms with E-state index in [0.29, 0.717) is 16.6 Å². The van der Waals surface area contributed by atoms with E-state index in [2.05, 4.69) is 20.9 Å². The number of para-hydroxylation sites is 1. The summed E-state index contributed by atoms with van der Waals surface area (Å²) in [5.41, 5.74) is 1.64. The third-order valence-electron chi connectivity index (χ3n) is 3.01. The molecule has 20 heavy (non-hydrogen) atoms. The van der Waals surface area contributed by atoms with Gasteiger partial charge in [0.25, 0.3) is 0 Å². The molecule has 0 saturated heterocycles. The number of carboxylic acid groups (broad SMARTS) is 1. The van der Waals surface area contributed by atoms with Gasteiger partial charge in [0.15, 0.2) is 0 Å². The van der Waals surface area contributed by atoms with Crippen molar-refractivity contribution >= 4 is 44.1 Å². The highest BCUT2D eigenvalue weighted by Gasteiger charge is 2.15. The molecular weight excluding hydrogens is 338 g/mol. The second-order valence-corrected chi connectivity index (χ2v) is 6.55. The summed E-state index contributed by atoms with van der Waals surface area (Å²) in [5.74, 6) is -0.940. The lowest BCUT2D eigenvalue weighted by Crippen LogP contribution is -2.00. The van der Waals surface area contributed by atoms with Crippen molar-refractivity contribution in [3.63, 3.8) is 0 Å². The fourth-order valence-corrected chi connectivity index (χ4v) is 3.37. The molecule has 5 heteroatoms. The van der Waals surface area contributed by atoms with Gasteiger partial charge in [0.05, 0.1) is 21.7 Å². The molecule has 3 aromatic rings. The zero-order valence-electron chi connectivity index (χ0n) is 10.6. The lowest BCUT2D eigenvalue weighted by atomic mass is 10.1. The Morgan fingerprint density at radius 1 is 1.30 bits per heavy atom. The van der Waals surface area contributed by atoms with Crippen molar-refractivity contribution in [3.05, 3.63) is 51.3 Å². The van der Waals surface area contributed by atoms with Crippen molar-refractivity contribution < 1.29 is 9.90 Å². The van der Waals surface area contributed by atoms with Crippen LogP contribution in [-0.4, -0.2) is 16.1 Å². The maximum Gasteiger partial charge on any atom is 0.336 e. The Kier molecular flexibility index (Phi) is 3.31. The van der Waals surface area contributed by atoms with E-state index in [4.69, 9.17) is 0 Å². The first-order chi connectivity index (χ1) is 9.56. The number of nitrogens with zero attached hydrogens (tertiary/aromatic N) is 1. The second-order valence-electron chi connectivity index (χ2n) is 4.41. The molecule has 0 spiro atoms. The highest BCUT2D eigenvalue weighted by molar-refractivity contribution is 9.10. The molecule has 1 N–H and O–H groups in total. The highest BCUT2D eigenvalue weighted by Crippen LogP contribution is 2.32. The summed E-state index contributed by atoms with van der Waals surface area (Å²) in [6.45, 7) is 2.02. The number of fused-ring (bicyclic) bond motifs is 1. The van der Waals surface area contributed by atoms with Gasteiger partial charge >= 0.3 is 5.97 Å². The number of aromatic nitrogens is 1. The average Bonchev–Trinajstić information content (AvgIpc) is 2.85. The molecule has 0 atom stereocenters. The molecule has 2 aromatic heterocycles. The molecule has 2 heterocycles. The Bertz CT molecular complexity index is 826. The van der Waals surface area contributed by atoms with Crippen molar-refractivity contribution in [2.75, 3.05) is 0 Å². The lowest BCUT2D eigenvalue weighted by molar-refractivity contribution is 0.0699. The van der Waals surface area contributed by atoms with Crippen LogP contribution in [0.2, 0.25) is 0 Å². The summed E-state index contributed by atoms with van der Waals surface area (Å²) in [6.07, 6.45) is 0. The summed E-state index contributed by atoms with van der Waals surface area (Å²) in [7, 11) is 0. The number of aromatic carboxylic acids is 1. The van der Waals surface area contributed by atoms with Gasteiger partial charge in [0.2, 0.25) is 0 Å². The van der Waals surface area contributed by atoms with Gasteiger partial charge in [-0.25, -0.2) is 9.78 Å². The summed E-state index contributed by atoms with van der Waals surface area (Å²) in [5, 5.41) is 10.1. The third kappa shape index (κ3) is 2.23. The smallest absolute Gasteiger partial charge is 0.336 e. The third-order valence-corrected chi connectivity index (χ3v) is 4.68. The van der Waals surface area contributed by atoms with Crippen LogP contribution in [0.5, 0.6) is 0 Å². The topological polar surface area (TPSA) is 50.2 Å². The minimum Gasteiger partial charge on any atom is -0.478 e. The fourth-order valence-electron chi connectivity index (χ4n) is 2.09. The fraction of sp³-hybridized carbons (Fsp3) is 0.0667. The molecule has 0 amide bonds. The molecule has 100 valence electrons. The number of benzene rings is 1. The number of rotatable bonds is 2. The van der Waals surface area contributed by atoms with Gasteiger partial charge in [0, 0.05) is 14.7 Å². The summed E-state index contributed by atoms with van der Waals surface area (Å²) < 4.78 is 0.799. The standard InChI is InChI=1S/C15H10BrNO2S/c1-8-5-6-13(20-8)12-7-10(15(18)19)9-3-2-4-11(16)14(9)17-12/h2-7H,1H3,(H,18,19).